The first-order valence-electron chi connectivity index (χ1n) is 15.8. The number of anilines is 1. The maximum absolute atomic E-state index is 14.6. The van der Waals surface area contributed by atoms with Gasteiger partial charge in [0.15, 0.2) is 0 Å². The molecule has 0 aromatic heterocycles. The third-order valence-electron chi connectivity index (χ3n) is 8.64. The molecule has 4 amide bonds. The molecular formula is C37H37ClN4O6. The van der Waals surface area contributed by atoms with E-state index in [1.807, 2.05) is 49.4 Å². The summed E-state index contributed by atoms with van der Waals surface area (Å²) in [6.45, 7) is 2.08. The molecule has 0 spiro atoms. The molecule has 1 aliphatic heterocycles. The van der Waals surface area contributed by atoms with E-state index in [1.54, 1.807) is 53.4 Å². The van der Waals surface area contributed by atoms with Crippen LogP contribution < -0.4 is 11.1 Å². The standard InChI is InChI=1S/C37H37ClN4O6/c1-23-17-18-41(31(36(39)47)22-26-10-5-9-25-8-2-3-14-30(25)26)37(48)35(27-11-6-12-28(38)21-27)42(23)33(44)20-24-7-4-13-29(19-24)40-32(43)15-16-34(45)46/h2-14,19,21,23,31,35H,15-18,20,22H2,1H3,(H2,39,47)(H,40,43)(H,45,46)/t23-,31-,35+/m1/s1. The van der Waals surface area contributed by atoms with Crippen molar-refractivity contribution in [3.05, 3.63) is 113 Å². The molecule has 4 N–H and O–H groups in total. The minimum atomic E-state index is -1.08. The topological polar surface area (TPSA) is 150 Å². The van der Waals surface area contributed by atoms with Crippen LogP contribution in [-0.2, 0) is 36.8 Å². The number of primary amides is 1. The molecule has 4 aromatic rings. The monoisotopic (exact) mass is 668 g/mol. The van der Waals surface area contributed by atoms with Crippen molar-refractivity contribution in [3.63, 3.8) is 0 Å². The smallest absolute Gasteiger partial charge is 0.303 e. The summed E-state index contributed by atoms with van der Waals surface area (Å²) in [7, 11) is 0. The number of carboxylic acid groups (broad SMARTS) is 1. The van der Waals surface area contributed by atoms with E-state index in [1.165, 1.54) is 4.90 Å². The summed E-state index contributed by atoms with van der Waals surface area (Å²) in [5.41, 5.74) is 8.40. The number of halogens is 1. The molecule has 1 saturated heterocycles. The zero-order valence-corrected chi connectivity index (χ0v) is 27.2. The highest BCUT2D eigenvalue weighted by molar-refractivity contribution is 6.30. The first-order chi connectivity index (χ1) is 23.0. The minimum Gasteiger partial charge on any atom is -0.481 e. The third kappa shape index (κ3) is 8.01. The summed E-state index contributed by atoms with van der Waals surface area (Å²) >= 11 is 6.39. The van der Waals surface area contributed by atoms with E-state index in [9.17, 15) is 24.0 Å². The maximum Gasteiger partial charge on any atom is 0.303 e. The number of carbonyl (C=O) groups excluding carboxylic acids is 4. The molecule has 0 aliphatic carbocycles. The van der Waals surface area contributed by atoms with Crippen LogP contribution in [0.15, 0.2) is 91.0 Å². The van der Waals surface area contributed by atoms with E-state index < -0.39 is 41.8 Å². The van der Waals surface area contributed by atoms with Gasteiger partial charge in [-0.3, -0.25) is 24.0 Å². The number of amides is 4. The highest BCUT2D eigenvalue weighted by Gasteiger charge is 2.43. The summed E-state index contributed by atoms with van der Waals surface area (Å²) in [4.78, 5) is 68.0. The third-order valence-corrected chi connectivity index (χ3v) is 8.88. The fraction of sp³-hybridized carbons (Fsp3) is 0.270. The van der Waals surface area contributed by atoms with Crippen LogP contribution >= 0.6 is 11.6 Å². The van der Waals surface area contributed by atoms with Crippen molar-refractivity contribution in [2.75, 3.05) is 11.9 Å². The number of aliphatic carboxylic acids is 1. The van der Waals surface area contributed by atoms with Crippen LogP contribution in [0.5, 0.6) is 0 Å². The molecule has 48 heavy (non-hydrogen) atoms. The lowest BCUT2D eigenvalue weighted by atomic mass is 9.96. The Bertz CT molecular complexity index is 1860. The lowest BCUT2D eigenvalue weighted by Gasteiger charge is -2.36. The minimum absolute atomic E-state index is 0.0806. The number of benzene rings is 4. The molecule has 0 radical (unpaired) electrons. The highest BCUT2D eigenvalue weighted by Crippen LogP contribution is 2.34. The summed E-state index contributed by atoms with van der Waals surface area (Å²) < 4.78 is 0. The van der Waals surface area contributed by atoms with Crippen LogP contribution in [0.4, 0.5) is 5.69 Å². The van der Waals surface area contributed by atoms with E-state index in [2.05, 4.69) is 5.32 Å². The Kier molecular flexibility index (Phi) is 10.8. The van der Waals surface area contributed by atoms with E-state index in [4.69, 9.17) is 22.4 Å². The van der Waals surface area contributed by atoms with Crippen LogP contribution in [0.3, 0.4) is 0 Å². The molecule has 5 rings (SSSR count). The Morgan fingerprint density at radius 1 is 0.958 bits per heavy atom. The molecule has 0 saturated carbocycles. The number of carboxylic acids is 1. The van der Waals surface area contributed by atoms with Gasteiger partial charge in [-0.1, -0.05) is 78.3 Å². The first-order valence-corrected chi connectivity index (χ1v) is 16.1. The zero-order valence-electron chi connectivity index (χ0n) is 26.5. The first kappa shape index (κ1) is 34.1. The normalized spacial score (nSPS) is 17.1. The molecule has 248 valence electrons. The van der Waals surface area contributed by atoms with Crippen molar-refractivity contribution in [2.45, 2.75) is 57.2 Å². The summed E-state index contributed by atoms with van der Waals surface area (Å²) in [6.07, 6.45) is 0.0379. The van der Waals surface area contributed by atoms with E-state index in [-0.39, 0.29) is 38.1 Å². The van der Waals surface area contributed by atoms with Crippen molar-refractivity contribution >= 4 is 57.7 Å². The fourth-order valence-corrected chi connectivity index (χ4v) is 6.50. The van der Waals surface area contributed by atoms with E-state index >= 15 is 0 Å². The lowest BCUT2D eigenvalue weighted by molar-refractivity contribution is -0.148. The van der Waals surface area contributed by atoms with Crippen molar-refractivity contribution in [2.24, 2.45) is 5.73 Å². The molecule has 4 aromatic carbocycles. The van der Waals surface area contributed by atoms with Gasteiger partial charge in [0.2, 0.25) is 17.7 Å². The number of fused-ring (bicyclic) bond motifs is 1. The number of hydrogen-bond acceptors (Lipinski definition) is 5. The van der Waals surface area contributed by atoms with Gasteiger partial charge < -0.3 is 26.0 Å². The van der Waals surface area contributed by atoms with E-state index in [0.717, 1.165) is 16.3 Å². The predicted molar refractivity (Wildman–Crippen MR) is 183 cm³/mol. The van der Waals surface area contributed by atoms with Crippen molar-refractivity contribution in [1.29, 1.82) is 0 Å². The second kappa shape index (κ2) is 15.1. The number of nitrogens with one attached hydrogen (secondary N) is 1. The van der Waals surface area contributed by atoms with Gasteiger partial charge in [-0.15, -0.1) is 0 Å². The summed E-state index contributed by atoms with van der Waals surface area (Å²) in [5, 5.41) is 13.9. The van der Waals surface area contributed by atoms with Crippen LogP contribution in [0, 0.1) is 0 Å². The molecule has 0 bridgehead atoms. The maximum atomic E-state index is 14.6. The van der Waals surface area contributed by atoms with Gasteiger partial charge >= 0.3 is 5.97 Å². The van der Waals surface area contributed by atoms with Crippen molar-refractivity contribution < 1.29 is 29.1 Å². The largest absolute Gasteiger partial charge is 0.481 e. The Hall–Kier alpha value is -5.22. The number of nitrogens with zero attached hydrogens (tertiary/aromatic N) is 2. The van der Waals surface area contributed by atoms with Gasteiger partial charge in [0, 0.05) is 36.1 Å². The predicted octanol–water partition coefficient (Wildman–Crippen LogP) is 5.13. The average molecular weight is 669 g/mol. The summed E-state index contributed by atoms with van der Waals surface area (Å²) in [6, 6.07) is 24.7. The second-order valence-corrected chi connectivity index (χ2v) is 12.4. The summed E-state index contributed by atoms with van der Waals surface area (Å²) in [5.74, 6) is -2.94. The van der Waals surface area contributed by atoms with Gasteiger partial charge in [-0.2, -0.15) is 0 Å². The van der Waals surface area contributed by atoms with Crippen LogP contribution in [0.2, 0.25) is 5.02 Å². The Morgan fingerprint density at radius 2 is 1.69 bits per heavy atom. The van der Waals surface area contributed by atoms with Gasteiger partial charge in [-0.05, 0) is 65.1 Å². The van der Waals surface area contributed by atoms with Crippen molar-refractivity contribution in [3.8, 4) is 0 Å². The van der Waals surface area contributed by atoms with Crippen LogP contribution in [0.1, 0.15) is 48.9 Å². The lowest BCUT2D eigenvalue weighted by Crippen LogP contribution is -2.52. The molecular weight excluding hydrogens is 632 g/mol. The number of nitrogens with two attached hydrogens (primary N) is 1. The molecule has 10 nitrogen and oxygen atoms in total. The molecule has 1 fully saturated rings. The van der Waals surface area contributed by atoms with Gasteiger partial charge in [0.05, 0.1) is 12.8 Å². The van der Waals surface area contributed by atoms with Gasteiger partial charge in [-0.25, -0.2) is 0 Å². The van der Waals surface area contributed by atoms with Crippen LogP contribution in [-0.4, -0.2) is 63.1 Å². The average Bonchev–Trinajstić information content (AvgIpc) is 3.18. The molecule has 11 heteroatoms. The molecule has 1 aliphatic rings. The zero-order chi connectivity index (χ0) is 34.4. The molecule has 1 heterocycles. The van der Waals surface area contributed by atoms with Gasteiger partial charge in [0.25, 0.3) is 5.91 Å². The Morgan fingerprint density at radius 3 is 2.44 bits per heavy atom. The Balaban J connectivity index is 1.46. The highest BCUT2D eigenvalue weighted by atomic mass is 35.5. The molecule has 3 atom stereocenters. The van der Waals surface area contributed by atoms with Crippen LogP contribution in [0.25, 0.3) is 10.8 Å². The Labute approximate surface area is 283 Å². The SMILES string of the molecule is C[C@@H]1CCN([C@H](Cc2cccc3ccccc23)C(N)=O)C(=O)[C@H](c2cccc(Cl)c2)N1C(=O)Cc1cccc(NC(=O)CCC(=O)O)c1. The van der Waals surface area contributed by atoms with Gasteiger partial charge in [0.1, 0.15) is 12.1 Å². The number of hydrogen-bond donors (Lipinski definition) is 3. The quantitative estimate of drug-likeness (QED) is 0.202. The number of rotatable bonds is 11. The molecule has 0 unspecified atom stereocenters. The second-order valence-electron chi connectivity index (χ2n) is 12.0. The fourth-order valence-electron chi connectivity index (χ4n) is 6.30. The van der Waals surface area contributed by atoms with E-state index in [0.29, 0.717) is 28.3 Å². The van der Waals surface area contributed by atoms with Crippen molar-refractivity contribution in [1.82, 2.24) is 9.80 Å². The number of carbonyl (C=O) groups is 5.